The highest BCUT2D eigenvalue weighted by Crippen LogP contribution is 2.15. The van der Waals surface area contributed by atoms with Gasteiger partial charge in [0.15, 0.2) is 9.84 Å². The summed E-state index contributed by atoms with van der Waals surface area (Å²) in [6.07, 6.45) is 3.66. The number of hydrogen-bond acceptors (Lipinski definition) is 4. The van der Waals surface area contributed by atoms with Crippen LogP contribution in [0.15, 0.2) is 29.2 Å². The topological polar surface area (TPSA) is 72.5 Å². The molecule has 1 rings (SSSR count). The molecule has 0 aliphatic rings. The van der Waals surface area contributed by atoms with E-state index in [0.717, 1.165) is 25.7 Å². The van der Waals surface area contributed by atoms with Gasteiger partial charge in [0.25, 0.3) is 0 Å². The molecule has 0 heterocycles. The first-order valence-electron chi connectivity index (χ1n) is 7.26. The lowest BCUT2D eigenvalue weighted by Gasteiger charge is -2.07. The normalized spacial score (nSPS) is 11.1. The van der Waals surface area contributed by atoms with Gasteiger partial charge in [0.1, 0.15) is 0 Å². The molecule has 1 N–H and O–H groups in total. The smallest absolute Gasteiger partial charge is 0.411 e. The van der Waals surface area contributed by atoms with Crippen molar-refractivity contribution in [3.8, 4) is 0 Å². The fourth-order valence-electron chi connectivity index (χ4n) is 1.76. The molecule has 0 aliphatic carbocycles. The van der Waals surface area contributed by atoms with Crippen LogP contribution in [-0.4, -0.2) is 26.9 Å². The molecule has 0 saturated heterocycles. The van der Waals surface area contributed by atoms with Crippen molar-refractivity contribution >= 4 is 21.6 Å². The van der Waals surface area contributed by atoms with Gasteiger partial charge in [-0.25, -0.2) is 13.2 Å². The van der Waals surface area contributed by atoms with Crippen molar-refractivity contribution in [2.24, 2.45) is 0 Å². The van der Waals surface area contributed by atoms with Crippen LogP contribution < -0.4 is 5.32 Å². The van der Waals surface area contributed by atoms with Gasteiger partial charge < -0.3 is 4.74 Å². The largest absolute Gasteiger partial charge is 0.449 e. The molecule has 0 aliphatic heterocycles. The number of hydrogen-bond donors (Lipinski definition) is 1. The molecule has 0 spiro atoms. The minimum atomic E-state index is -3.21. The summed E-state index contributed by atoms with van der Waals surface area (Å²) in [4.78, 5) is 11.8. The number of amides is 1. The monoisotopic (exact) mass is 313 g/mol. The number of nitrogens with one attached hydrogen (secondary N) is 1. The van der Waals surface area contributed by atoms with E-state index in [1.807, 2.05) is 0 Å². The zero-order valence-corrected chi connectivity index (χ0v) is 13.4. The van der Waals surface area contributed by atoms with Crippen LogP contribution >= 0.6 is 0 Å². The first kappa shape index (κ1) is 17.5. The quantitative estimate of drug-likeness (QED) is 0.744. The molecular formula is C15H23NO4S. The van der Waals surface area contributed by atoms with E-state index in [9.17, 15) is 13.2 Å². The number of anilines is 1. The van der Waals surface area contributed by atoms with Crippen molar-refractivity contribution in [2.75, 3.05) is 17.7 Å². The van der Waals surface area contributed by atoms with Crippen molar-refractivity contribution in [1.29, 1.82) is 0 Å². The first-order valence-corrected chi connectivity index (χ1v) is 8.91. The van der Waals surface area contributed by atoms with E-state index in [1.54, 1.807) is 19.1 Å². The van der Waals surface area contributed by atoms with Crippen molar-refractivity contribution in [3.63, 3.8) is 0 Å². The average Bonchev–Trinajstić information content (AvgIpc) is 2.47. The second kappa shape index (κ2) is 8.67. The number of unbranched alkanes of at least 4 members (excludes halogenated alkanes) is 3. The van der Waals surface area contributed by atoms with Gasteiger partial charge in [0, 0.05) is 5.69 Å². The van der Waals surface area contributed by atoms with Crippen LogP contribution in [0.5, 0.6) is 0 Å². The van der Waals surface area contributed by atoms with Crippen LogP contribution in [0, 0.1) is 0 Å². The molecule has 0 saturated carbocycles. The SMILES string of the molecule is CCCCCCOC(=O)Nc1ccc(S(=O)(=O)CC)cc1. The van der Waals surface area contributed by atoms with Gasteiger partial charge in [0.05, 0.1) is 17.3 Å². The minimum absolute atomic E-state index is 0.0551. The summed E-state index contributed by atoms with van der Waals surface area (Å²) in [6, 6.07) is 6.08. The van der Waals surface area contributed by atoms with Crippen LogP contribution in [0.2, 0.25) is 0 Å². The van der Waals surface area contributed by atoms with Gasteiger partial charge in [-0.15, -0.1) is 0 Å². The fourth-order valence-corrected chi connectivity index (χ4v) is 2.64. The fraction of sp³-hybridized carbons (Fsp3) is 0.533. The molecule has 118 valence electrons. The van der Waals surface area contributed by atoms with Gasteiger partial charge in [-0.2, -0.15) is 0 Å². The third-order valence-electron chi connectivity index (χ3n) is 3.07. The molecule has 0 aromatic heterocycles. The number of carbonyl (C=O) groups excluding carboxylic acids is 1. The summed E-state index contributed by atoms with van der Waals surface area (Å²) in [6.45, 7) is 4.11. The third-order valence-corrected chi connectivity index (χ3v) is 4.82. The molecule has 0 atom stereocenters. The lowest BCUT2D eigenvalue weighted by Crippen LogP contribution is -2.14. The van der Waals surface area contributed by atoms with Crippen molar-refractivity contribution in [1.82, 2.24) is 0 Å². The van der Waals surface area contributed by atoms with E-state index in [1.165, 1.54) is 12.1 Å². The highest BCUT2D eigenvalue weighted by atomic mass is 32.2. The van der Waals surface area contributed by atoms with Gasteiger partial charge in [-0.1, -0.05) is 33.1 Å². The Kier molecular flexibility index (Phi) is 7.22. The highest BCUT2D eigenvalue weighted by molar-refractivity contribution is 7.91. The molecule has 21 heavy (non-hydrogen) atoms. The Labute approximate surface area is 126 Å². The summed E-state index contributed by atoms with van der Waals surface area (Å²) in [7, 11) is -3.21. The Morgan fingerprint density at radius 2 is 1.76 bits per heavy atom. The Hall–Kier alpha value is -1.56. The molecule has 1 aromatic rings. The maximum Gasteiger partial charge on any atom is 0.411 e. The zero-order chi connectivity index (χ0) is 15.7. The van der Waals surface area contributed by atoms with Crippen LogP contribution in [0.3, 0.4) is 0 Å². The molecule has 0 radical (unpaired) electrons. The summed E-state index contributed by atoms with van der Waals surface area (Å²) in [5.41, 5.74) is 0.517. The van der Waals surface area contributed by atoms with Gasteiger partial charge in [-0.3, -0.25) is 5.32 Å². The average molecular weight is 313 g/mol. The van der Waals surface area contributed by atoms with Crippen LogP contribution in [-0.2, 0) is 14.6 Å². The predicted molar refractivity (Wildman–Crippen MR) is 83.3 cm³/mol. The Bertz CT molecular complexity index is 537. The number of sulfone groups is 1. The Morgan fingerprint density at radius 3 is 2.33 bits per heavy atom. The summed E-state index contributed by atoms with van der Waals surface area (Å²) in [5.74, 6) is 0.0551. The van der Waals surface area contributed by atoms with E-state index >= 15 is 0 Å². The molecular weight excluding hydrogens is 290 g/mol. The summed E-state index contributed by atoms with van der Waals surface area (Å²) < 4.78 is 28.3. The Balaban J connectivity index is 2.43. The predicted octanol–water partition coefficient (Wildman–Crippen LogP) is 3.61. The third kappa shape index (κ3) is 6.16. The number of benzene rings is 1. The van der Waals surface area contributed by atoms with Gasteiger partial charge in [-0.05, 0) is 30.7 Å². The highest BCUT2D eigenvalue weighted by Gasteiger charge is 2.11. The van der Waals surface area contributed by atoms with Crippen molar-refractivity contribution in [2.45, 2.75) is 44.4 Å². The summed E-state index contributed by atoms with van der Waals surface area (Å²) >= 11 is 0. The maximum absolute atomic E-state index is 11.7. The number of ether oxygens (including phenoxy) is 1. The van der Waals surface area contributed by atoms with E-state index in [-0.39, 0.29) is 10.6 Å². The van der Waals surface area contributed by atoms with Crippen LogP contribution in [0.4, 0.5) is 10.5 Å². The number of rotatable bonds is 8. The van der Waals surface area contributed by atoms with E-state index in [4.69, 9.17) is 4.74 Å². The molecule has 0 fully saturated rings. The summed E-state index contributed by atoms with van der Waals surface area (Å²) in [5, 5.41) is 2.57. The van der Waals surface area contributed by atoms with Gasteiger partial charge in [0.2, 0.25) is 0 Å². The maximum atomic E-state index is 11.7. The lowest BCUT2D eigenvalue weighted by atomic mass is 10.2. The zero-order valence-electron chi connectivity index (χ0n) is 12.6. The number of carbonyl (C=O) groups is 1. The van der Waals surface area contributed by atoms with Gasteiger partial charge >= 0.3 is 6.09 Å². The van der Waals surface area contributed by atoms with E-state index in [0.29, 0.717) is 12.3 Å². The molecule has 0 unspecified atom stereocenters. The molecule has 5 nitrogen and oxygen atoms in total. The van der Waals surface area contributed by atoms with Crippen molar-refractivity contribution in [3.05, 3.63) is 24.3 Å². The molecule has 6 heteroatoms. The first-order chi connectivity index (χ1) is 9.99. The molecule has 1 amide bonds. The van der Waals surface area contributed by atoms with E-state index in [2.05, 4.69) is 12.2 Å². The lowest BCUT2D eigenvalue weighted by molar-refractivity contribution is 0.159. The van der Waals surface area contributed by atoms with Crippen molar-refractivity contribution < 1.29 is 17.9 Å². The second-order valence-electron chi connectivity index (χ2n) is 4.75. The Morgan fingerprint density at radius 1 is 1.10 bits per heavy atom. The minimum Gasteiger partial charge on any atom is -0.449 e. The van der Waals surface area contributed by atoms with E-state index < -0.39 is 15.9 Å². The van der Waals surface area contributed by atoms with Crippen LogP contribution in [0.1, 0.15) is 39.5 Å². The molecule has 0 bridgehead atoms. The van der Waals surface area contributed by atoms with Crippen LogP contribution in [0.25, 0.3) is 0 Å². The second-order valence-corrected chi connectivity index (χ2v) is 7.03. The standard InChI is InChI=1S/C15H23NO4S/c1-3-5-6-7-12-20-15(17)16-13-8-10-14(11-9-13)21(18,19)4-2/h8-11H,3-7,12H2,1-2H3,(H,16,17). The molecule has 1 aromatic carbocycles.